The minimum atomic E-state index is -0.214. The van der Waals surface area contributed by atoms with Crippen LogP contribution in [0.25, 0.3) is 28.2 Å². The van der Waals surface area contributed by atoms with Gasteiger partial charge in [-0.1, -0.05) is 49.1 Å². The van der Waals surface area contributed by atoms with Gasteiger partial charge in [0, 0.05) is 29.4 Å². The van der Waals surface area contributed by atoms with Gasteiger partial charge in [-0.25, -0.2) is 4.39 Å². The molecule has 0 saturated carbocycles. The molecule has 2 nitrogen and oxygen atoms in total. The summed E-state index contributed by atoms with van der Waals surface area (Å²) in [6.45, 7) is 8.77. The standard InChI is InChI=1S/C24H21FN2/c1-4-18-5-9-20(10-6-18)23-24-22(13-14-26-23)16(2)17(3)27(24)15-19-7-11-21(25)12-8-19/h4-14H,1,15H2,2-3H3. The lowest BCUT2D eigenvalue weighted by molar-refractivity contribution is 0.626. The Morgan fingerprint density at radius 1 is 1.00 bits per heavy atom. The summed E-state index contributed by atoms with van der Waals surface area (Å²) in [5.74, 6) is -0.214. The van der Waals surface area contributed by atoms with Gasteiger partial charge in [-0.2, -0.15) is 0 Å². The summed E-state index contributed by atoms with van der Waals surface area (Å²) in [6.07, 6.45) is 3.71. The largest absolute Gasteiger partial charge is 0.338 e. The van der Waals surface area contributed by atoms with Gasteiger partial charge in [-0.3, -0.25) is 4.98 Å². The van der Waals surface area contributed by atoms with Crippen molar-refractivity contribution >= 4 is 17.0 Å². The van der Waals surface area contributed by atoms with Crippen LogP contribution < -0.4 is 0 Å². The number of benzene rings is 2. The molecule has 27 heavy (non-hydrogen) atoms. The summed E-state index contributed by atoms with van der Waals surface area (Å²) in [6, 6.07) is 17.0. The highest BCUT2D eigenvalue weighted by atomic mass is 19.1. The van der Waals surface area contributed by atoms with Gasteiger partial charge in [-0.05, 0) is 48.7 Å². The van der Waals surface area contributed by atoms with Gasteiger partial charge >= 0.3 is 0 Å². The number of pyridine rings is 1. The molecule has 2 heterocycles. The molecule has 4 aromatic rings. The normalized spacial score (nSPS) is 11.1. The Balaban J connectivity index is 1.91. The molecule has 0 amide bonds. The van der Waals surface area contributed by atoms with E-state index < -0.39 is 0 Å². The van der Waals surface area contributed by atoms with Gasteiger partial charge in [0.05, 0.1) is 11.2 Å². The third-order valence-electron chi connectivity index (χ3n) is 5.22. The second kappa shape index (κ2) is 6.84. The van der Waals surface area contributed by atoms with Crippen LogP contribution in [0.3, 0.4) is 0 Å². The maximum atomic E-state index is 13.3. The van der Waals surface area contributed by atoms with E-state index in [0.29, 0.717) is 6.54 Å². The molecule has 0 unspecified atom stereocenters. The van der Waals surface area contributed by atoms with E-state index >= 15 is 0 Å². The molecule has 0 aliphatic carbocycles. The fraction of sp³-hybridized carbons (Fsp3) is 0.125. The number of halogens is 1. The van der Waals surface area contributed by atoms with Crippen molar-refractivity contribution in [2.75, 3.05) is 0 Å². The fourth-order valence-electron chi connectivity index (χ4n) is 3.55. The first kappa shape index (κ1) is 17.2. The molecule has 3 heteroatoms. The van der Waals surface area contributed by atoms with E-state index in [1.54, 1.807) is 0 Å². The molecule has 0 atom stereocenters. The fourth-order valence-corrected chi connectivity index (χ4v) is 3.55. The van der Waals surface area contributed by atoms with Crippen molar-refractivity contribution in [2.24, 2.45) is 0 Å². The van der Waals surface area contributed by atoms with Crippen LogP contribution in [0.15, 0.2) is 67.4 Å². The quantitative estimate of drug-likeness (QED) is 0.429. The Hall–Kier alpha value is -3.20. The average Bonchev–Trinajstić information content (AvgIpc) is 2.95. The van der Waals surface area contributed by atoms with Crippen LogP contribution in [-0.2, 0) is 6.54 Å². The molecule has 134 valence electrons. The molecule has 0 aliphatic heterocycles. The van der Waals surface area contributed by atoms with Crippen LogP contribution in [-0.4, -0.2) is 9.55 Å². The maximum Gasteiger partial charge on any atom is 0.123 e. The Morgan fingerprint density at radius 2 is 1.70 bits per heavy atom. The smallest absolute Gasteiger partial charge is 0.123 e. The van der Waals surface area contributed by atoms with Crippen LogP contribution >= 0.6 is 0 Å². The van der Waals surface area contributed by atoms with Crippen LogP contribution in [0.2, 0.25) is 0 Å². The predicted octanol–water partition coefficient (Wildman–Crippen LogP) is 6.15. The van der Waals surface area contributed by atoms with Gasteiger partial charge in [0.1, 0.15) is 5.82 Å². The van der Waals surface area contributed by atoms with E-state index in [0.717, 1.165) is 27.9 Å². The predicted molar refractivity (Wildman–Crippen MR) is 110 cm³/mol. The zero-order valence-corrected chi connectivity index (χ0v) is 15.5. The summed E-state index contributed by atoms with van der Waals surface area (Å²) in [4.78, 5) is 4.70. The van der Waals surface area contributed by atoms with Crippen molar-refractivity contribution in [1.29, 1.82) is 0 Å². The van der Waals surface area contributed by atoms with Gasteiger partial charge in [0.15, 0.2) is 0 Å². The van der Waals surface area contributed by atoms with Crippen molar-refractivity contribution in [3.63, 3.8) is 0 Å². The van der Waals surface area contributed by atoms with E-state index in [1.807, 2.05) is 24.4 Å². The van der Waals surface area contributed by atoms with Crippen molar-refractivity contribution in [3.8, 4) is 11.3 Å². The minimum Gasteiger partial charge on any atom is -0.338 e. The second-order valence-electron chi connectivity index (χ2n) is 6.80. The number of aryl methyl sites for hydroxylation is 1. The van der Waals surface area contributed by atoms with E-state index in [-0.39, 0.29) is 5.82 Å². The molecule has 0 radical (unpaired) electrons. The first-order valence-electron chi connectivity index (χ1n) is 9.00. The molecule has 0 N–H and O–H groups in total. The van der Waals surface area contributed by atoms with Crippen molar-refractivity contribution in [2.45, 2.75) is 20.4 Å². The van der Waals surface area contributed by atoms with Gasteiger partial charge < -0.3 is 4.57 Å². The van der Waals surface area contributed by atoms with Crippen molar-refractivity contribution in [3.05, 3.63) is 95.6 Å². The van der Waals surface area contributed by atoms with Crippen molar-refractivity contribution in [1.82, 2.24) is 9.55 Å². The highest BCUT2D eigenvalue weighted by Gasteiger charge is 2.16. The molecule has 0 spiro atoms. The zero-order chi connectivity index (χ0) is 19.0. The summed E-state index contributed by atoms with van der Waals surface area (Å²) in [5, 5.41) is 1.20. The number of nitrogens with zero attached hydrogens (tertiary/aromatic N) is 2. The first-order valence-corrected chi connectivity index (χ1v) is 9.00. The summed E-state index contributed by atoms with van der Waals surface area (Å²) in [7, 11) is 0. The third kappa shape index (κ3) is 3.06. The lowest BCUT2D eigenvalue weighted by Crippen LogP contribution is -2.03. The molecule has 0 aliphatic rings. The van der Waals surface area contributed by atoms with Crippen LogP contribution in [0.1, 0.15) is 22.4 Å². The summed E-state index contributed by atoms with van der Waals surface area (Å²) < 4.78 is 15.6. The Morgan fingerprint density at radius 3 is 2.37 bits per heavy atom. The lowest BCUT2D eigenvalue weighted by Gasteiger charge is -2.12. The minimum absolute atomic E-state index is 0.214. The number of hydrogen-bond donors (Lipinski definition) is 0. The average molecular weight is 356 g/mol. The van der Waals surface area contributed by atoms with E-state index in [9.17, 15) is 4.39 Å². The highest BCUT2D eigenvalue weighted by molar-refractivity contribution is 5.95. The number of rotatable bonds is 4. The molecule has 0 bridgehead atoms. The molecule has 0 saturated heterocycles. The highest BCUT2D eigenvalue weighted by Crippen LogP contribution is 2.33. The third-order valence-corrected chi connectivity index (χ3v) is 5.22. The molecule has 0 fully saturated rings. The molecule has 2 aromatic heterocycles. The Kier molecular flexibility index (Phi) is 4.36. The van der Waals surface area contributed by atoms with E-state index in [4.69, 9.17) is 4.98 Å². The van der Waals surface area contributed by atoms with Crippen LogP contribution in [0.4, 0.5) is 4.39 Å². The van der Waals surface area contributed by atoms with E-state index in [2.05, 4.69) is 55.3 Å². The second-order valence-corrected chi connectivity index (χ2v) is 6.80. The molecular weight excluding hydrogens is 335 g/mol. The summed E-state index contributed by atoms with van der Waals surface area (Å²) in [5.41, 5.74) is 7.74. The van der Waals surface area contributed by atoms with Gasteiger partial charge in [-0.15, -0.1) is 0 Å². The number of aromatic nitrogens is 2. The first-order chi connectivity index (χ1) is 13.1. The maximum absolute atomic E-state index is 13.3. The summed E-state index contributed by atoms with van der Waals surface area (Å²) >= 11 is 0. The molecule has 2 aromatic carbocycles. The van der Waals surface area contributed by atoms with Gasteiger partial charge in [0.25, 0.3) is 0 Å². The number of hydrogen-bond acceptors (Lipinski definition) is 1. The topological polar surface area (TPSA) is 17.8 Å². The Bertz CT molecular complexity index is 1120. The number of fused-ring (bicyclic) bond motifs is 1. The monoisotopic (exact) mass is 356 g/mol. The Labute approximate surface area is 158 Å². The molecular formula is C24H21FN2. The van der Waals surface area contributed by atoms with Crippen LogP contribution in [0.5, 0.6) is 0 Å². The van der Waals surface area contributed by atoms with Crippen molar-refractivity contribution < 1.29 is 4.39 Å². The van der Waals surface area contributed by atoms with Crippen LogP contribution in [0, 0.1) is 19.7 Å². The van der Waals surface area contributed by atoms with E-state index in [1.165, 1.54) is 28.8 Å². The zero-order valence-electron chi connectivity index (χ0n) is 15.5. The molecule has 4 rings (SSSR count). The lowest BCUT2D eigenvalue weighted by atomic mass is 10.1. The SMILES string of the molecule is C=Cc1ccc(-c2nccc3c(C)c(C)n(Cc4ccc(F)cc4)c23)cc1. The van der Waals surface area contributed by atoms with Gasteiger partial charge in [0.2, 0.25) is 0 Å².